The van der Waals surface area contributed by atoms with Crippen molar-refractivity contribution in [3.8, 4) is 0 Å². The van der Waals surface area contributed by atoms with Crippen LogP contribution in [0.15, 0.2) is 24.3 Å². The monoisotopic (exact) mass is 312 g/mol. The van der Waals surface area contributed by atoms with Gasteiger partial charge in [-0.1, -0.05) is 45.0 Å². The molecule has 1 heterocycles. The lowest BCUT2D eigenvalue weighted by molar-refractivity contribution is 0.141. The van der Waals surface area contributed by atoms with Crippen LogP contribution in [-0.2, 0) is 5.41 Å². The molecule has 4 heteroatoms. The van der Waals surface area contributed by atoms with E-state index in [2.05, 4.69) is 55.3 Å². The molecule has 0 spiro atoms. The molecule has 0 aromatic heterocycles. The van der Waals surface area contributed by atoms with Gasteiger partial charge in [0.1, 0.15) is 0 Å². The van der Waals surface area contributed by atoms with Gasteiger partial charge in [-0.25, -0.2) is 0 Å². The molecule has 0 bridgehead atoms. The minimum atomic E-state index is 0. The maximum absolute atomic E-state index is 9.37. The Balaban J connectivity index is 0.00000220. The lowest BCUT2D eigenvalue weighted by atomic mass is 9.86. The summed E-state index contributed by atoms with van der Waals surface area (Å²) in [5.74, 6) is 0. The number of halogens is 1. The molecule has 2 rings (SSSR count). The van der Waals surface area contributed by atoms with Gasteiger partial charge in [0.15, 0.2) is 0 Å². The molecule has 1 aromatic rings. The predicted octanol–water partition coefficient (Wildman–Crippen LogP) is 2.73. The van der Waals surface area contributed by atoms with Gasteiger partial charge in [0.25, 0.3) is 0 Å². The molecule has 2 N–H and O–H groups in total. The minimum absolute atomic E-state index is 0. The Labute approximate surface area is 135 Å². The second-order valence-corrected chi connectivity index (χ2v) is 6.69. The highest BCUT2D eigenvalue weighted by Crippen LogP contribution is 2.28. The van der Waals surface area contributed by atoms with Gasteiger partial charge in [0, 0.05) is 38.8 Å². The van der Waals surface area contributed by atoms with Crippen molar-refractivity contribution in [2.24, 2.45) is 0 Å². The third kappa shape index (κ3) is 4.96. The summed E-state index contributed by atoms with van der Waals surface area (Å²) < 4.78 is 0. The van der Waals surface area contributed by atoms with E-state index < -0.39 is 0 Å². The topological polar surface area (TPSA) is 35.5 Å². The first-order chi connectivity index (χ1) is 9.52. The summed E-state index contributed by atoms with van der Waals surface area (Å²) in [6.07, 6.45) is 0.814. The molecule has 1 aliphatic rings. The highest BCUT2D eigenvalue weighted by Gasteiger charge is 2.22. The van der Waals surface area contributed by atoms with Gasteiger partial charge < -0.3 is 10.4 Å². The zero-order chi connectivity index (χ0) is 14.6. The minimum Gasteiger partial charge on any atom is -0.396 e. The molecule has 0 aliphatic carbocycles. The molecular weight excluding hydrogens is 284 g/mol. The van der Waals surface area contributed by atoms with Crippen molar-refractivity contribution >= 4 is 12.4 Å². The van der Waals surface area contributed by atoms with Crippen molar-refractivity contribution in [2.75, 3.05) is 32.8 Å². The average Bonchev–Trinajstić information content (AvgIpc) is 2.45. The number of piperazine rings is 1. The van der Waals surface area contributed by atoms with Gasteiger partial charge >= 0.3 is 0 Å². The summed E-state index contributed by atoms with van der Waals surface area (Å²) in [5, 5.41) is 12.8. The van der Waals surface area contributed by atoms with Crippen LogP contribution in [0.3, 0.4) is 0 Å². The summed E-state index contributed by atoms with van der Waals surface area (Å²) in [6, 6.07) is 9.30. The van der Waals surface area contributed by atoms with Crippen molar-refractivity contribution in [3.63, 3.8) is 0 Å². The summed E-state index contributed by atoms with van der Waals surface area (Å²) >= 11 is 0. The van der Waals surface area contributed by atoms with Crippen LogP contribution in [0.4, 0.5) is 0 Å². The maximum atomic E-state index is 9.37. The molecule has 1 saturated heterocycles. The number of benzene rings is 1. The Bertz CT molecular complexity index is 408. The van der Waals surface area contributed by atoms with E-state index >= 15 is 0 Å². The van der Waals surface area contributed by atoms with Crippen molar-refractivity contribution in [2.45, 2.75) is 38.6 Å². The average molecular weight is 313 g/mol. The fourth-order valence-electron chi connectivity index (χ4n) is 2.88. The predicted molar refractivity (Wildman–Crippen MR) is 91.3 cm³/mol. The summed E-state index contributed by atoms with van der Waals surface area (Å²) in [5.41, 5.74) is 2.89. The molecule has 1 fully saturated rings. The molecule has 120 valence electrons. The lowest BCUT2D eigenvalue weighted by Gasteiger charge is -2.35. The Kier molecular flexibility index (Phi) is 7.14. The van der Waals surface area contributed by atoms with Crippen LogP contribution in [0.2, 0.25) is 0 Å². The molecule has 3 nitrogen and oxygen atoms in total. The molecule has 0 saturated carbocycles. The van der Waals surface area contributed by atoms with Crippen LogP contribution in [-0.4, -0.2) is 42.8 Å². The summed E-state index contributed by atoms with van der Waals surface area (Å²) in [6.45, 7) is 11.2. The zero-order valence-electron chi connectivity index (χ0n) is 13.4. The van der Waals surface area contributed by atoms with Crippen LogP contribution in [0.1, 0.15) is 44.4 Å². The lowest BCUT2D eigenvalue weighted by Crippen LogP contribution is -2.45. The first kappa shape index (κ1) is 18.4. The fourth-order valence-corrected chi connectivity index (χ4v) is 2.88. The first-order valence-corrected chi connectivity index (χ1v) is 7.68. The number of aliphatic hydroxyl groups excluding tert-OH is 1. The number of hydrogen-bond donors (Lipinski definition) is 2. The quantitative estimate of drug-likeness (QED) is 0.897. The van der Waals surface area contributed by atoms with Crippen LogP contribution < -0.4 is 5.32 Å². The number of aliphatic hydroxyl groups is 1. The van der Waals surface area contributed by atoms with E-state index in [0.717, 1.165) is 32.6 Å². The van der Waals surface area contributed by atoms with E-state index in [0.29, 0.717) is 6.04 Å². The molecule has 1 atom stereocenters. The molecule has 21 heavy (non-hydrogen) atoms. The highest BCUT2D eigenvalue weighted by atomic mass is 35.5. The summed E-state index contributed by atoms with van der Waals surface area (Å²) in [7, 11) is 0. The Morgan fingerprint density at radius 3 is 2.19 bits per heavy atom. The number of hydrogen-bond acceptors (Lipinski definition) is 3. The Morgan fingerprint density at radius 2 is 1.71 bits per heavy atom. The largest absolute Gasteiger partial charge is 0.396 e. The van der Waals surface area contributed by atoms with Crippen LogP contribution in [0.5, 0.6) is 0 Å². The van der Waals surface area contributed by atoms with Gasteiger partial charge in [-0.3, -0.25) is 4.90 Å². The molecule has 0 radical (unpaired) electrons. The van der Waals surface area contributed by atoms with Crippen LogP contribution >= 0.6 is 12.4 Å². The second kappa shape index (κ2) is 8.14. The number of rotatable bonds is 4. The molecule has 1 aromatic carbocycles. The van der Waals surface area contributed by atoms with E-state index in [4.69, 9.17) is 0 Å². The smallest absolute Gasteiger partial charge is 0.0449 e. The van der Waals surface area contributed by atoms with Gasteiger partial charge in [0.05, 0.1) is 0 Å². The Hall–Kier alpha value is -0.610. The number of nitrogens with one attached hydrogen (secondary N) is 1. The third-order valence-electron chi connectivity index (χ3n) is 4.16. The third-order valence-corrected chi connectivity index (χ3v) is 4.16. The van der Waals surface area contributed by atoms with Crippen molar-refractivity contribution in [1.29, 1.82) is 0 Å². The molecule has 1 aliphatic heterocycles. The summed E-state index contributed by atoms with van der Waals surface area (Å²) in [4.78, 5) is 2.48. The van der Waals surface area contributed by atoms with Crippen LogP contribution in [0.25, 0.3) is 0 Å². The van der Waals surface area contributed by atoms with Gasteiger partial charge in [-0.2, -0.15) is 0 Å². The van der Waals surface area contributed by atoms with Gasteiger partial charge in [0.2, 0.25) is 0 Å². The van der Waals surface area contributed by atoms with Gasteiger partial charge in [-0.15, -0.1) is 12.4 Å². The Morgan fingerprint density at radius 1 is 1.14 bits per heavy atom. The molecule has 0 amide bonds. The second-order valence-electron chi connectivity index (χ2n) is 6.69. The van der Waals surface area contributed by atoms with Crippen LogP contribution in [0, 0.1) is 0 Å². The first-order valence-electron chi connectivity index (χ1n) is 7.68. The zero-order valence-corrected chi connectivity index (χ0v) is 14.2. The van der Waals surface area contributed by atoms with E-state index in [9.17, 15) is 5.11 Å². The van der Waals surface area contributed by atoms with E-state index in [1.165, 1.54) is 11.1 Å². The van der Waals surface area contributed by atoms with E-state index in [-0.39, 0.29) is 24.4 Å². The van der Waals surface area contributed by atoms with E-state index in [1.807, 2.05) is 0 Å². The van der Waals surface area contributed by atoms with Crippen molar-refractivity contribution < 1.29 is 5.11 Å². The fraction of sp³-hybridized carbons (Fsp3) is 0.647. The van der Waals surface area contributed by atoms with Crippen molar-refractivity contribution in [1.82, 2.24) is 10.2 Å². The normalized spacial score (nSPS) is 18.1. The van der Waals surface area contributed by atoms with Gasteiger partial charge in [-0.05, 0) is 23.0 Å². The van der Waals surface area contributed by atoms with Crippen molar-refractivity contribution in [3.05, 3.63) is 35.4 Å². The van der Waals surface area contributed by atoms with E-state index in [1.54, 1.807) is 0 Å². The highest BCUT2D eigenvalue weighted by molar-refractivity contribution is 5.85. The maximum Gasteiger partial charge on any atom is 0.0449 e. The molecular formula is C17H29ClN2O. The SMILES string of the molecule is CC(C)(C)c1ccc([C@H](CCO)N2CCNCC2)cc1.Cl. The molecule has 0 unspecified atom stereocenters. The standard InChI is InChI=1S/C17H28N2O.ClH/c1-17(2,3)15-6-4-14(5-7-15)16(8-13-20)19-11-9-18-10-12-19;/h4-7,16,18,20H,8-13H2,1-3H3;1H/t16-;/m0./s1. The number of nitrogens with zero attached hydrogens (tertiary/aromatic N) is 1.